The van der Waals surface area contributed by atoms with Gasteiger partial charge in [0.2, 0.25) is 0 Å². The van der Waals surface area contributed by atoms with Gasteiger partial charge in [-0.1, -0.05) is 50.5 Å². The summed E-state index contributed by atoms with van der Waals surface area (Å²) in [7, 11) is 0. The Bertz CT molecular complexity index is 660. The molecular formula is C24H36O5. The maximum atomic E-state index is 11.2. The smallest absolute Gasteiger partial charge is 0.307 e. The Morgan fingerprint density at radius 2 is 2.00 bits per heavy atom. The van der Waals surface area contributed by atoms with Crippen LogP contribution in [0.4, 0.5) is 0 Å². The summed E-state index contributed by atoms with van der Waals surface area (Å²) < 4.78 is 6.39. The molecule has 1 unspecified atom stereocenters. The average Bonchev–Trinajstić information content (AvgIpc) is 3.00. The van der Waals surface area contributed by atoms with E-state index in [0.717, 1.165) is 62.5 Å². The molecule has 1 heterocycles. The maximum Gasteiger partial charge on any atom is 0.307 e. The fourth-order valence-corrected chi connectivity index (χ4v) is 5.29. The van der Waals surface area contributed by atoms with Gasteiger partial charge in [0.25, 0.3) is 0 Å². The molecule has 29 heavy (non-hydrogen) atoms. The van der Waals surface area contributed by atoms with E-state index in [1.165, 1.54) is 0 Å². The molecule has 5 nitrogen and oxygen atoms in total. The van der Waals surface area contributed by atoms with Crippen molar-refractivity contribution >= 4 is 5.97 Å². The highest BCUT2D eigenvalue weighted by molar-refractivity contribution is 5.70. The second kappa shape index (κ2) is 10.6. The van der Waals surface area contributed by atoms with Crippen molar-refractivity contribution in [2.75, 3.05) is 0 Å². The summed E-state index contributed by atoms with van der Waals surface area (Å²) in [5, 5.41) is 30.1. The number of ether oxygens (including phenoxy) is 1. The zero-order valence-electron chi connectivity index (χ0n) is 17.5. The van der Waals surface area contributed by atoms with Gasteiger partial charge in [0.05, 0.1) is 30.8 Å². The number of carbonyl (C=O) groups is 1. The monoisotopic (exact) mass is 404 g/mol. The molecule has 0 bridgehead atoms. The lowest BCUT2D eigenvalue weighted by Crippen LogP contribution is -2.31. The Hall–Kier alpha value is -1.43. The summed E-state index contributed by atoms with van der Waals surface area (Å²) >= 11 is 0. The van der Waals surface area contributed by atoms with Crippen molar-refractivity contribution in [1.82, 2.24) is 0 Å². The van der Waals surface area contributed by atoms with Crippen LogP contribution >= 0.6 is 0 Å². The van der Waals surface area contributed by atoms with Crippen LogP contribution in [0.1, 0.15) is 81.9 Å². The molecule has 6 atom stereocenters. The normalized spacial score (nSPS) is 30.1. The number of carboxylic acid groups (broad SMARTS) is 1. The topological polar surface area (TPSA) is 87.0 Å². The molecule has 162 valence electrons. The number of hydrogen-bond donors (Lipinski definition) is 3. The van der Waals surface area contributed by atoms with E-state index in [4.69, 9.17) is 4.74 Å². The minimum atomic E-state index is -0.833. The molecule has 3 rings (SSSR count). The third kappa shape index (κ3) is 5.80. The number of aliphatic hydroxyl groups is 2. The number of unbranched alkanes of at least 4 members (excludes halogenated alkanes) is 2. The Kier molecular flexibility index (Phi) is 8.10. The van der Waals surface area contributed by atoms with Crippen LogP contribution < -0.4 is 0 Å². The van der Waals surface area contributed by atoms with Crippen molar-refractivity contribution in [2.45, 2.75) is 95.5 Å². The third-order valence-electron chi connectivity index (χ3n) is 6.81. The van der Waals surface area contributed by atoms with Crippen molar-refractivity contribution in [3.8, 4) is 0 Å². The van der Waals surface area contributed by atoms with Crippen LogP contribution in [0.25, 0.3) is 0 Å². The zero-order valence-corrected chi connectivity index (χ0v) is 17.5. The van der Waals surface area contributed by atoms with Crippen molar-refractivity contribution in [1.29, 1.82) is 0 Å². The minimum Gasteiger partial charge on any atom is -0.481 e. The van der Waals surface area contributed by atoms with E-state index < -0.39 is 5.97 Å². The first-order valence-electron chi connectivity index (χ1n) is 11.3. The maximum absolute atomic E-state index is 11.2. The number of aliphatic carboxylic acids is 1. The van der Waals surface area contributed by atoms with Crippen LogP contribution in [0.5, 0.6) is 0 Å². The van der Waals surface area contributed by atoms with Gasteiger partial charge >= 0.3 is 5.97 Å². The summed E-state index contributed by atoms with van der Waals surface area (Å²) in [4.78, 5) is 11.2. The molecule has 2 aliphatic rings. The highest BCUT2D eigenvalue weighted by atomic mass is 16.5. The molecule has 0 aromatic heterocycles. The molecule has 1 saturated heterocycles. The summed E-state index contributed by atoms with van der Waals surface area (Å²) in [6, 6.07) is 7.64. The number of carboxylic acids is 1. The number of benzene rings is 1. The van der Waals surface area contributed by atoms with Gasteiger partial charge in [0.15, 0.2) is 0 Å². The molecule has 1 aliphatic heterocycles. The zero-order chi connectivity index (χ0) is 20.8. The Morgan fingerprint density at radius 1 is 1.21 bits per heavy atom. The lowest BCUT2D eigenvalue weighted by Gasteiger charge is -2.36. The molecule has 3 N–H and O–H groups in total. The molecule has 1 aromatic carbocycles. The number of hydrogen-bond acceptors (Lipinski definition) is 4. The first kappa shape index (κ1) is 22.3. The lowest BCUT2D eigenvalue weighted by molar-refractivity contribution is -0.136. The van der Waals surface area contributed by atoms with E-state index in [0.29, 0.717) is 12.3 Å². The van der Waals surface area contributed by atoms with Gasteiger partial charge in [-0.3, -0.25) is 4.79 Å². The van der Waals surface area contributed by atoms with Crippen molar-refractivity contribution in [3.63, 3.8) is 0 Å². The molecule has 1 saturated carbocycles. The summed E-state index contributed by atoms with van der Waals surface area (Å²) in [6.07, 6.45) is 7.57. The van der Waals surface area contributed by atoms with Gasteiger partial charge in [0, 0.05) is 6.42 Å². The van der Waals surface area contributed by atoms with Crippen molar-refractivity contribution in [3.05, 3.63) is 35.4 Å². The Balaban J connectivity index is 1.57. The summed E-state index contributed by atoms with van der Waals surface area (Å²) in [6.45, 7) is 2.16. The Labute approximate surface area is 174 Å². The van der Waals surface area contributed by atoms with Crippen molar-refractivity contribution in [2.24, 2.45) is 11.8 Å². The van der Waals surface area contributed by atoms with Gasteiger partial charge in [-0.05, 0) is 55.1 Å². The van der Waals surface area contributed by atoms with E-state index in [1.807, 2.05) is 24.3 Å². The molecule has 1 aliphatic carbocycles. The first-order valence-corrected chi connectivity index (χ1v) is 11.3. The van der Waals surface area contributed by atoms with E-state index in [1.54, 1.807) is 0 Å². The summed E-state index contributed by atoms with van der Waals surface area (Å²) in [5.74, 6) is -0.313. The SMILES string of the molecule is CCCCC[C@H](O)CC[C@@H]1[C@H]2CCC(c3ccccc3CC(=O)O)O[C@H]2C[C@H]1O. The van der Waals surface area contributed by atoms with Crippen LogP contribution in [-0.2, 0) is 16.0 Å². The second-order valence-electron chi connectivity index (χ2n) is 8.87. The van der Waals surface area contributed by atoms with Gasteiger partial charge in [0.1, 0.15) is 0 Å². The fourth-order valence-electron chi connectivity index (χ4n) is 5.29. The van der Waals surface area contributed by atoms with E-state index in [9.17, 15) is 20.1 Å². The molecule has 0 radical (unpaired) electrons. The van der Waals surface area contributed by atoms with E-state index in [-0.39, 0.29) is 36.8 Å². The molecule has 2 fully saturated rings. The summed E-state index contributed by atoms with van der Waals surface area (Å²) in [5.41, 5.74) is 1.78. The van der Waals surface area contributed by atoms with E-state index in [2.05, 4.69) is 6.92 Å². The van der Waals surface area contributed by atoms with Gasteiger partial charge in [-0.25, -0.2) is 0 Å². The molecule has 5 heteroatoms. The number of rotatable bonds is 10. The van der Waals surface area contributed by atoms with Gasteiger partial charge in [-0.2, -0.15) is 0 Å². The lowest BCUT2D eigenvalue weighted by atomic mass is 9.81. The van der Waals surface area contributed by atoms with E-state index >= 15 is 0 Å². The highest BCUT2D eigenvalue weighted by Gasteiger charge is 2.46. The third-order valence-corrected chi connectivity index (χ3v) is 6.81. The Morgan fingerprint density at radius 3 is 2.76 bits per heavy atom. The molecule has 1 aromatic rings. The van der Waals surface area contributed by atoms with Crippen LogP contribution in [0.2, 0.25) is 0 Å². The molecule has 0 amide bonds. The van der Waals surface area contributed by atoms with Gasteiger partial charge in [-0.15, -0.1) is 0 Å². The van der Waals surface area contributed by atoms with Crippen LogP contribution in [0.15, 0.2) is 24.3 Å². The predicted octanol–water partition coefficient (Wildman–Crippen LogP) is 4.25. The standard InChI is InChI=1S/C24H36O5/c1-2-3-4-8-17(25)10-11-19-20-12-13-22(29-23(20)15-21(19)26)18-9-6-5-7-16(18)14-24(27)28/h5-7,9,17,19-23,25-26H,2-4,8,10-15H2,1H3,(H,27,28)/t17-,19+,20+,21+,22?,23-/m0/s1. The number of fused-ring (bicyclic) bond motifs is 1. The van der Waals surface area contributed by atoms with Crippen molar-refractivity contribution < 1.29 is 24.9 Å². The molecule has 0 spiro atoms. The highest BCUT2D eigenvalue weighted by Crippen LogP contribution is 2.47. The second-order valence-corrected chi connectivity index (χ2v) is 8.87. The van der Waals surface area contributed by atoms with Crippen LogP contribution in [0, 0.1) is 11.8 Å². The predicted molar refractivity (Wildman–Crippen MR) is 112 cm³/mol. The van der Waals surface area contributed by atoms with Crippen LogP contribution in [-0.4, -0.2) is 39.6 Å². The fraction of sp³-hybridized carbons (Fsp3) is 0.708. The van der Waals surface area contributed by atoms with Gasteiger partial charge < -0.3 is 20.1 Å². The minimum absolute atomic E-state index is 0.00526. The average molecular weight is 405 g/mol. The largest absolute Gasteiger partial charge is 0.481 e. The molecular weight excluding hydrogens is 368 g/mol. The van der Waals surface area contributed by atoms with Crippen LogP contribution in [0.3, 0.4) is 0 Å². The first-order chi connectivity index (χ1) is 14.0. The quantitative estimate of drug-likeness (QED) is 0.508. The number of aliphatic hydroxyl groups excluding tert-OH is 2.